The van der Waals surface area contributed by atoms with E-state index < -0.39 is 0 Å². The molecular weight excluding hydrogens is 262 g/mol. The van der Waals surface area contributed by atoms with Crippen LogP contribution in [0.25, 0.3) is 0 Å². The highest BCUT2D eigenvalue weighted by molar-refractivity contribution is 6.03. The fourth-order valence-electron chi connectivity index (χ4n) is 3.43. The number of fused-ring (bicyclic) bond motifs is 1. The van der Waals surface area contributed by atoms with E-state index >= 15 is 0 Å². The molecule has 1 saturated carbocycles. The number of carbonyl (C=O) groups is 2. The number of hydrogen-bond acceptors (Lipinski definition) is 2. The molecule has 0 saturated heterocycles. The quantitative estimate of drug-likeness (QED) is 0.780. The normalized spacial score (nSPS) is 22.1. The van der Waals surface area contributed by atoms with E-state index in [0.29, 0.717) is 25.3 Å². The third kappa shape index (κ3) is 2.31. The van der Waals surface area contributed by atoms with Crippen molar-refractivity contribution in [2.75, 3.05) is 0 Å². The first-order valence-corrected chi connectivity index (χ1v) is 7.61. The van der Waals surface area contributed by atoms with Crippen molar-refractivity contribution in [1.82, 2.24) is 4.90 Å². The lowest BCUT2D eigenvalue weighted by Crippen LogP contribution is -2.43. The molecule has 1 fully saturated rings. The summed E-state index contributed by atoms with van der Waals surface area (Å²) in [5, 5.41) is 0. The van der Waals surface area contributed by atoms with Crippen LogP contribution in [0.5, 0.6) is 0 Å². The fourth-order valence-corrected chi connectivity index (χ4v) is 3.43. The van der Waals surface area contributed by atoms with Gasteiger partial charge in [0, 0.05) is 18.5 Å². The Balaban J connectivity index is 1.92. The number of rotatable bonds is 2. The Morgan fingerprint density at radius 1 is 1.29 bits per heavy atom. The number of Topliss-reactive ketones (excluding diaryl/α,β-unsaturated/α-hetero) is 1. The van der Waals surface area contributed by atoms with Crippen LogP contribution < -0.4 is 0 Å². The van der Waals surface area contributed by atoms with Crippen LogP contribution in [-0.2, 0) is 11.3 Å². The van der Waals surface area contributed by atoms with Crippen molar-refractivity contribution in [1.29, 1.82) is 0 Å². The standard InChI is InChI=1S/C18H21NO2/c1-11(2)14-6-4-5-13-10-19(18(21)17(13)14)15-8-7-12(3)9-16(15)20/h4-6,11,15H,3,7-10H2,1-2H3. The summed E-state index contributed by atoms with van der Waals surface area (Å²) >= 11 is 0. The molecule has 21 heavy (non-hydrogen) atoms. The van der Waals surface area contributed by atoms with Gasteiger partial charge in [0.15, 0.2) is 5.78 Å². The number of allylic oxidation sites excluding steroid dienone is 1. The molecule has 1 aliphatic carbocycles. The summed E-state index contributed by atoms with van der Waals surface area (Å²) in [4.78, 5) is 26.8. The van der Waals surface area contributed by atoms with E-state index in [1.807, 2.05) is 18.2 Å². The van der Waals surface area contributed by atoms with Crippen LogP contribution in [0.3, 0.4) is 0 Å². The van der Waals surface area contributed by atoms with Crippen LogP contribution in [0.1, 0.15) is 60.5 Å². The lowest BCUT2D eigenvalue weighted by molar-refractivity contribution is -0.124. The monoisotopic (exact) mass is 283 g/mol. The Morgan fingerprint density at radius 3 is 2.71 bits per heavy atom. The van der Waals surface area contributed by atoms with Gasteiger partial charge in [0.1, 0.15) is 0 Å². The van der Waals surface area contributed by atoms with E-state index in [4.69, 9.17) is 0 Å². The maximum Gasteiger partial charge on any atom is 0.255 e. The number of benzene rings is 1. The molecule has 3 rings (SSSR count). The molecule has 1 aromatic carbocycles. The van der Waals surface area contributed by atoms with Crippen molar-refractivity contribution in [3.05, 3.63) is 47.0 Å². The molecule has 0 aromatic heterocycles. The van der Waals surface area contributed by atoms with Crippen molar-refractivity contribution < 1.29 is 9.59 Å². The Bertz CT molecular complexity index is 630. The zero-order valence-corrected chi connectivity index (χ0v) is 12.7. The third-order valence-corrected chi connectivity index (χ3v) is 4.56. The van der Waals surface area contributed by atoms with E-state index in [0.717, 1.165) is 28.7 Å². The fraction of sp³-hybridized carbons (Fsp3) is 0.444. The molecule has 1 atom stereocenters. The van der Waals surface area contributed by atoms with Crippen LogP contribution in [0.4, 0.5) is 0 Å². The summed E-state index contributed by atoms with van der Waals surface area (Å²) in [6, 6.07) is 5.77. The van der Waals surface area contributed by atoms with Gasteiger partial charge in [-0.1, -0.05) is 44.2 Å². The minimum atomic E-state index is -0.268. The topological polar surface area (TPSA) is 37.4 Å². The van der Waals surface area contributed by atoms with Gasteiger partial charge >= 0.3 is 0 Å². The SMILES string of the molecule is C=C1CCC(N2Cc3cccc(C(C)C)c3C2=O)C(=O)C1. The molecule has 0 spiro atoms. The van der Waals surface area contributed by atoms with Gasteiger partial charge in [-0.2, -0.15) is 0 Å². The maximum absolute atomic E-state index is 12.8. The van der Waals surface area contributed by atoms with E-state index in [9.17, 15) is 9.59 Å². The first-order valence-electron chi connectivity index (χ1n) is 7.61. The van der Waals surface area contributed by atoms with E-state index in [1.54, 1.807) is 4.90 Å². The van der Waals surface area contributed by atoms with Crippen molar-refractivity contribution in [2.45, 2.75) is 51.6 Å². The van der Waals surface area contributed by atoms with Gasteiger partial charge < -0.3 is 4.90 Å². The summed E-state index contributed by atoms with van der Waals surface area (Å²) in [7, 11) is 0. The Labute approximate surface area is 125 Å². The van der Waals surface area contributed by atoms with Gasteiger partial charge in [-0.05, 0) is 29.9 Å². The molecule has 1 heterocycles. The van der Waals surface area contributed by atoms with Gasteiger partial charge in [-0.15, -0.1) is 0 Å². The second kappa shape index (κ2) is 5.14. The van der Waals surface area contributed by atoms with Crippen molar-refractivity contribution in [3.63, 3.8) is 0 Å². The van der Waals surface area contributed by atoms with Gasteiger partial charge in [0.25, 0.3) is 5.91 Å². The summed E-state index contributed by atoms with van der Waals surface area (Å²) in [5.74, 6) is 0.476. The van der Waals surface area contributed by atoms with E-state index in [-0.39, 0.29) is 17.7 Å². The smallest absolute Gasteiger partial charge is 0.255 e. The average molecular weight is 283 g/mol. The third-order valence-electron chi connectivity index (χ3n) is 4.56. The van der Waals surface area contributed by atoms with Crippen molar-refractivity contribution in [3.8, 4) is 0 Å². The molecule has 3 heteroatoms. The zero-order valence-electron chi connectivity index (χ0n) is 12.7. The second-order valence-electron chi connectivity index (χ2n) is 6.42. The molecular formula is C18H21NO2. The minimum absolute atomic E-state index is 0.0279. The molecule has 0 bridgehead atoms. The Morgan fingerprint density at radius 2 is 2.05 bits per heavy atom. The lowest BCUT2D eigenvalue weighted by Gasteiger charge is -2.30. The van der Waals surface area contributed by atoms with Gasteiger partial charge in [0.2, 0.25) is 0 Å². The van der Waals surface area contributed by atoms with Gasteiger partial charge in [0.05, 0.1) is 6.04 Å². The first-order chi connectivity index (χ1) is 9.99. The number of ketones is 1. The molecule has 0 N–H and O–H groups in total. The number of carbonyl (C=O) groups excluding carboxylic acids is 2. The highest BCUT2D eigenvalue weighted by Gasteiger charge is 2.38. The number of hydrogen-bond donors (Lipinski definition) is 0. The average Bonchev–Trinajstić information content (AvgIpc) is 2.76. The lowest BCUT2D eigenvalue weighted by atomic mass is 9.89. The molecule has 3 nitrogen and oxygen atoms in total. The zero-order chi connectivity index (χ0) is 15.1. The molecule has 110 valence electrons. The molecule has 2 aliphatic rings. The summed E-state index contributed by atoms with van der Waals surface area (Å²) in [6.45, 7) is 8.66. The van der Waals surface area contributed by atoms with Crippen molar-refractivity contribution in [2.24, 2.45) is 0 Å². The van der Waals surface area contributed by atoms with Crippen LogP contribution >= 0.6 is 0 Å². The predicted molar refractivity (Wildman–Crippen MR) is 82.2 cm³/mol. The number of amides is 1. The van der Waals surface area contributed by atoms with Gasteiger partial charge in [-0.25, -0.2) is 0 Å². The Hall–Kier alpha value is -1.90. The highest BCUT2D eigenvalue weighted by atomic mass is 16.2. The van der Waals surface area contributed by atoms with Gasteiger partial charge in [-0.3, -0.25) is 9.59 Å². The van der Waals surface area contributed by atoms with Crippen LogP contribution in [0, 0.1) is 0 Å². The van der Waals surface area contributed by atoms with Crippen LogP contribution in [0.15, 0.2) is 30.4 Å². The van der Waals surface area contributed by atoms with Crippen LogP contribution in [0.2, 0.25) is 0 Å². The summed E-state index contributed by atoms with van der Waals surface area (Å²) in [6.07, 6.45) is 1.98. The maximum atomic E-state index is 12.8. The van der Waals surface area contributed by atoms with E-state index in [2.05, 4.69) is 20.4 Å². The Kier molecular flexibility index (Phi) is 3.44. The largest absolute Gasteiger partial charge is 0.324 e. The van der Waals surface area contributed by atoms with Crippen LogP contribution in [-0.4, -0.2) is 22.6 Å². The molecule has 0 radical (unpaired) electrons. The summed E-state index contributed by atoms with van der Waals surface area (Å²) in [5.41, 5.74) is 3.96. The molecule has 1 amide bonds. The number of nitrogens with zero attached hydrogens (tertiary/aromatic N) is 1. The van der Waals surface area contributed by atoms with E-state index in [1.165, 1.54) is 0 Å². The molecule has 1 aliphatic heterocycles. The minimum Gasteiger partial charge on any atom is -0.324 e. The second-order valence-corrected chi connectivity index (χ2v) is 6.42. The summed E-state index contributed by atoms with van der Waals surface area (Å²) < 4.78 is 0. The molecule has 1 aromatic rings. The van der Waals surface area contributed by atoms with Crippen molar-refractivity contribution >= 4 is 11.7 Å². The molecule has 1 unspecified atom stereocenters. The highest BCUT2D eigenvalue weighted by Crippen LogP contribution is 2.34. The first kappa shape index (κ1) is 14.1. The predicted octanol–water partition coefficient (Wildman–Crippen LogP) is 3.44.